The smallest absolute Gasteiger partial charge is 0.234 e. The number of ether oxygens (including phenoxy) is 1. The summed E-state index contributed by atoms with van der Waals surface area (Å²) in [5, 5.41) is 6.09. The average molecular weight is 242 g/mol. The maximum atomic E-state index is 11.5. The lowest BCUT2D eigenvalue weighted by Gasteiger charge is -2.14. The molecule has 4 heteroatoms. The second-order valence-electron chi connectivity index (χ2n) is 4.78. The van der Waals surface area contributed by atoms with Crippen molar-refractivity contribution in [1.29, 1.82) is 0 Å². The maximum Gasteiger partial charge on any atom is 0.234 e. The summed E-state index contributed by atoms with van der Waals surface area (Å²) in [4.78, 5) is 11.5. The van der Waals surface area contributed by atoms with Crippen molar-refractivity contribution in [2.24, 2.45) is 5.92 Å². The second-order valence-corrected chi connectivity index (χ2v) is 4.78. The first-order chi connectivity index (χ1) is 8.26. The van der Waals surface area contributed by atoms with Gasteiger partial charge in [0.15, 0.2) is 0 Å². The van der Waals surface area contributed by atoms with Gasteiger partial charge in [0, 0.05) is 19.2 Å². The molecule has 0 bridgehead atoms. The van der Waals surface area contributed by atoms with E-state index in [4.69, 9.17) is 4.74 Å². The number of carbonyl (C=O) groups excluding carboxylic acids is 1. The van der Waals surface area contributed by atoms with Gasteiger partial charge in [0.05, 0.1) is 13.2 Å². The monoisotopic (exact) mass is 242 g/mol. The summed E-state index contributed by atoms with van der Waals surface area (Å²) < 4.78 is 5.47. The molecular weight excluding hydrogens is 216 g/mol. The van der Waals surface area contributed by atoms with Crippen LogP contribution in [0.4, 0.5) is 0 Å². The van der Waals surface area contributed by atoms with Crippen molar-refractivity contribution < 1.29 is 9.53 Å². The fraction of sp³-hybridized carbons (Fsp3) is 0.923. The van der Waals surface area contributed by atoms with Crippen molar-refractivity contribution in [3.63, 3.8) is 0 Å². The van der Waals surface area contributed by atoms with E-state index in [9.17, 15) is 4.79 Å². The second kappa shape index (κ2) is 8.48. The lowest BCUT2D eigenvalue weighted by atomic mass is 10.2. The van der Waals surface area contributed by atoms with Crippen LogP contribution in [0, 0.1) is 5.92 Å². The zero-order chi connectivity index (χ0) is 12.5. The number of hydrogen-bond acceptors (Lipinski definition) is 3. The van der Waals surface area contributed by atoms with Gasteiger partial charge in [-0.1, -0.05) is 13.8 Å². The molecule has 0 aromatic rings. The molecule has 2 N–H and O–H groups in total. The molecule has 1 amide bonds. The van der Waals surface area contributed by atoms with Gasteiger partial charge in [0.25, 0.3) is 0 Å². The fourth-order valence-electron chi connectivity index (χ4n) is 1.65. The Kier molecular flexibility index (Phi) is 7.21. The molecule has 1 rings (SSSR count). The van der Waals surface area contributed by atoms with Gasteiger partial charge in [0.1, 0.15) is 0 Å². The van der Waals surface area contributed by atoms with Gasteiger partial charge >= 0.3 is 0 Å². The molecule has 1 saturated carbocycles. The van der Waals surface area contributed by atoms with Gasteiger partial charge in [0.2, 0.25) is 5.91 Å². The molecule has 1 aliphatic carbocycles. The van der Waals surface area contributed by atoms with Gasteiger partial charge in [-0.2, -0.15) is 0 Å². The van der Waals surface area contributed by atoms with Crippen LogP contribution >= 0.6 is 0 Å². The van der Waals surface area contributed by atoms with Crippen LogP contribution in [0.25, 0.3) is 0 Å². The van der Waals surface area contributed by atoms with E-state index in [1.807, 2.05) is 0 Å². The minimum Gasteiger partial charge on any atom is -0.380 e. The molecule has 0 saturated heterocycles. The molecule has 0 aromatic heterocycles. The first kappa shape index (κ1) is 14.5. The Morgan fingerprint density at radius 2 is 2.06 bits per heavy atom. The van der Waals surface area contributed by atoms with Crippen molar-refractivity contribution in [3.05, 3.63) is 0 Å². The van der Waals surface area contributed by atoms with Gasteiger partial charge < -0.3 is 15.4 Å². The topological polar surface area (TPSA) is 50.4 Å². The van der Waals surface area contributed by atoms with Crippen LogP contribution in [0.1, 0.15) is 39.5 Å². The molecule has 17 heavy (non-hydrogen) atoms. The standard InChI is InChI=1S/C13H26N2O2/c1-3-12(4-2)15-13(16)9-14-7-8-17-10-11-5-6-11/h11-12,14H,3-10H2,1-2H3,(H,15,16). The van der Waals surface area contributed by atoms with Crippen LogP contribution in [0.3, 0.4) is 0 Å². The van der Waals surface area contributed by atoms with Crippen LogP contribution in [-0.2, 0) is 9.53 Å². The highest BCUT2D eigenvalue weighted by Crippen LogP contribution is 2.28. The van der Waals surface area contributed by atoms with E-state index in [1.54, 1.807) is 0 Å². The largest absolute Gasteiger partial charge is 0.380 e. The normalized spacial score (nSPS) is 15.2. The summed E-state index contributed by atoms with van der Waals surface area (Å²) in [6.45, 7) is 6.92. The Bertz CT molecular complexity index is 213. The predicted molar refractivity (Wildman–Crippen MR) is 68.9 cm³/mol. The number of nitrogens with one attached hydrogen (secondary N) is 2. The number of rotatable bonds is 10. The molecule has 0 aromatic carbocycles. The van der Waals surface area contributed by atoms with E-state index >= 15 is 0 Å². The van der Waals surface area contributed by atoms with E-state index in [0.717, 1.165) is 31.9 Å². The van der Waals surface area contributed by atoms with Gasteiger partial charge in [-0.3, -0.25) is 4.79 Å². The maximum absolute atomic E-state index is 11.5. The molecule has 0 radical (unpaired) electrons. The molecule has 1 fully saturated rings. The minimum atomic E-state index is 0.0842. The highest BCUT2D eigenvalue weighted by atomic mass is 16.5. The first-order valence-electron chi connectivity index (χ1n) is 6.84. The Morgan fingerprint density at radius 1 is 1.35 bits per heavy atom. The highest BCUT2D eigenvalue weighted by molar-refractivity contribution is 5.78. The number of amides is 1. The number of hydrogen-bond donors (Lipinski definition) is 2. The molecule has 0 spiro atoms. The summed E-state index contributed by atoms with van der Waals surface area (Å²) >= 11 is 0. The van der Waals surface area contributed by atoms with E-state index in [0.29, 0.717) is 19.2 Å². The van der Waals surface area contributed by atoms with Crippen LogP contribution in [0.2, 0.25) is 0 Å². The van der Waals surface area contributed by atoms with Gasteiger partial charge in [-0.05, 0) is 31.6 Å². The SMILES string of the molecule is CCC(CC)NC(=O)CNCCOCC1CC1. The highest BCUT2D eigenvalue weighted by Gasteiger charge is 2.20. The molecule has 0 aliphatic heterocycles. The molecular formula is C13H26N2O2. The van der Waals surface area contributed by atoms with E-state index in [1.165, 1.54) is 12.8 Å². The quantitative estimate of drug-likeness (QED) is 0.568. The summed E-state index contributed by atoms with van der Waals surface area (Å²) in [5.74, 6) is 0.897. The third-order valence-electron chi connectivity index (χ3n) is 3.11. The van der Waals surface area contributed by atoms with Crippen LogP contribution < -0.4 is 10.6 Å². The van der Waals surface area contributed by atoms with Crippen molar-refractivity contribution >= 4 is 5.91 Å². The third kappa shape index (κ3) is 7.34. The van der Waals surface area contributed by atoms with Gasteiger partial charge in [-0.15, -0.1) is 0 Å². The van der Waals surface area contributed by atoms with Crippen LogP contribution in [0.5, 0.6) is 0 Å². The summed E-state index contributed by atoms with van der Waals surface area (Å²) in [6, 6.07) is 0.315. The first-order valence-corrected chi connectivity index (χ1v) is 6.84. The summed E-state index contributed by atoms with van der Waals surface area (Å²) in [6.07, 6.45) is 4.63. The fourth-order valence-corrected chi connectivity index (χ4v) is 1.65. The lowest BCUT2D eigenvalue weighted by Crippen LogP contribution is -2.40. The van der Waals surface area contributed by atoms with Crippen molar-refractivity contribution in [1.82, 2.24) is 10.6 Å². The lowest BCUT2D eigenvalue weighted by molar-refractivity contribution is -0.121. The average Bonchev–Trinajstić information content (AvgIpc) is 3.14. The van der Waals surface area contributed by atoms with Crippen molar-refractivity contribution in [3.8, 4) is 0 Å². The zero-order valence-electron chi connectivity index (χ0n) is 11.1. The van der Waals surface area contributed by atoms with Crippen molar-refractivity contribution in [2.75, 3.05) is 26.3 Å². The van der Waals surface area contributed by atoms with E-state index in [2.05, 4.69) is 24.5 Å². The Morgan fingerprint density at radius 3 is 2.65 bits per heavy atom. The van der Waals surface area contributed by atoms with Crippen molar-refractivity contribution in [2.45, 2.75) is 45.6 Å². The summed E-state index contributed by atoms with van der Waals surface area (Å²) in [7, 11) is 0. The molecule has 0 atom stereocenters. The zero-order valence-corrected chi connectivity index (χ0v) is 11.1. The predicted octanol–water partition coefficient (Wildman–Crippen LogP) is 1.31. The molecule has 1 aliphatic rings. The molecule has 4 nitrogen and oxygen atoms in total. The Balaban J connectivity index is 1.88. The Hall–Kier alpha value is -0.610. The number of carbonyl (C=O) groups is 1. The van der Waals surface area contributed by atoms with E-state index in [-0.39, 0.29) is 5.91 Å². The molecule has 100 valence electrons. The Labute approximate surface area is 104 Å². The third-order valence-corrected chi connectivity index (χ3v) is 3.11. The van der Waals surface area contributed by atoms with Gasteiger partial charge in [-0.25, -0.2) is 0 Å². The van der Waals surface area contributed by atoms with Crippen LogP contribution in [-0.4, -0.2) is 38.3 Å². The minimum absolute atomic E-state index is 0.0842. The summed E-state index contributed by atoms with van der Waals surface area (Å²) in [5.41, 5.74) is 0. The molecule has 0 heterocycles. The molecule has 0 unspecified atom stereocenters. The van der Waals surface area contributed by atoms with E-state index < -0.39 is 0 Å². The van der Waals surface area contributed by atoms with Crippen LogP contribution in [0.15, 0.2) is 0 Å².